The molecule has 0 amide bonds. The van der Waals surface area contributed by atoms with E-state index in [-0.39, 0.29) is 0 Å². The molecule has 1 heteroatoms. The molecular formula is C14H10S. The molecule has 0 fully saturated rings. The Morgan fingerprint density at radius 3 is 2.33 bits per heavy atom. The van der Waals surface area contributed by atoms with Crippen LogP contribution in [0.3, 0.4) is 0 Å². The molecule has 72 valence electrons. The van der Waals surface area contributed by atoms with Gasteiger partial charge < -0.3 is 0 Å². The van der Waals surface area contributed by atoms with Crippen LogP contribution < -0.4 is 0 Å². The zero-order chi connectivity index (χ0) is 10.5. The zero-order valence-corrected chi connectivity index (χ0v) is 9.00. The maximum Gasteiger partial charge on any atom is 0.0253 e. The standard InChI is InChI=1S/C14H10S/c1-2-12-7-6-10-14(11-12)15-13-8-4-3-5-9-13/h1,3-11H. The van der Waals surface area contributed by atoms with Gasteiger partial charge in [0.25, 0.3) is 0 Å². The van der Waals surface area contributed by atoms with E-state index in [1.165, 1.54) is 9.79 Å². The van der Waals surface area contributed by atoms with Crippen molar-refractivity contribution in [2.45, 2.75) is 9.79 Å². The first-order valence-electron chi connectivity index (χ1n) is 4.68. The lowest BCUT2D eigenvalue weighted by molar-refractivity contribution is 1.40. The van der Waals surface area contributed by atoms with Crippen molar-refractivity contribution in [1.29, 1.82) is 0 Å². The van der Waals surface area contributed by atoms with Crippen molar-refractivity contribution < 1.29 is 0 Å². The van der Waals surface area contributed by atoms with Crippen LogP contribution in [-0.2, 0) is 0 Å². The van der Waals surface area contributed by atoms with Crippen LogP contribution in [0.4, 0.5) is 0 Å². The van der Waals surface area contributed by atoms with E-state index in [4.69, 9.17) is 6.42 Å². The molecule has 0 aliphatic rings. The Morgan fingerprint density at radius 2 is 1.60 bits per heavy atom. The Balaban J connectivity index is 2.22. The van der Waals surface area contributed by atoms with Crippen molar-refractivity contribution >= 4 is 11.8 Å². The van der Waals surface area contributed by atoms with E-state index in [1.807, 2.05) is 36.4 Å². The van der Waals surface area contributed by atoms with Gasteiger partial charge in [-0.05, 0) is 30.3 Å². The predicted octanol–water partition coefficient (Wildman–Crippen LogP) is 3.82. The van der Waals surface area contributed by atoms with Crippen LogP contribution in [0.25, 0.3) is 0 Å². The summed E-state index contributed by atoms with van der Waals surface area (Å²) in [6, 6.07) is 18.3. The second kappa shape index (κ2) is 4.72. The fourth-order valence-corrected chi connectivity index (χ4v) is 2.17. The Bertz CT molecular complexity index is 480. The lowest BCUT2D eigenvalue weighted by Crippen LogP contribution is -1.76. The second-order valence-corrected chi connectivity index (χ2v) is 4.23. The summed E-state index contributed by atoms with van der Waals surface area (Å²) in [6.45, 7) is 0. The monoisotopic (exact) mass is 210 g/mol. The molecule has 0 heterocycles. The van der Waals surface area contributed by atoms with Crippen molar-refractivity contribution in [2.24, 2.45) is 0 Å². The molecular weight excluding hydrogens is 200 g/mol. The fourth-order valence-electron chi connectivity index (χ4n) is 1.27. The first-order valence-corrected chi connectivity index (χ1v) is 5.50. The van der Waals surface area contributed by atoms with Crippen LogP contribution >= 0.6 is 11.8 Å². The minimum atomic E-state index is 0.927. The van der Waals surface area contributed by atoms with Crippen molar-refractivity contribution in [1.82, 2.24) is 0 Å². The number of rotatable bonds is 2. The molecule has 0 saturated heterocycles. The number of hydrogen-bond acceptors (Lipinski definition) is 1. The molecule has 0 aliphatic heterocycles. The van der Waals surface area contributed by atoms with Crippen molar-refractivity contribution in [2.75, 3.05) is 0 Å². The average Bonchev–Trinajstić information content (AvgIpc) is 2.31. The Kier molecular flexibility index (Phi) is 3.11. The van der Waals surface area contributed by atoms with Crippen molar-refractivity contribution in [3.63, 3.8) is 0 Å². The molecule has 0 aromatic heterocycles. The van der Waals surface area contributed by atoms with Gasteiger partial charge in [0.15, 0.2) is 0 Å². The minimum Gasteiger partial charge on any atom is -0.115 e. The molecule has 0 radical (unpaired) electrons. The van der Waals surface area contributed by atoms with Gasteiger partial charge in [0.05, 0.1) is 0 Å². The Hall–Kier alpha value is -1.65. The molecule has 0 atom stereocenters. The highest BCUT2D eigenvalue weighted by molar-refractivity contribution is 7.99. The first kappa shape index (κ1) is 9.89. The van der Waals surface area contributed by atoms with Gasteiger partial charge in [-0.2, -0.15) is 0 Å². The van der Waals surface area contributed by atoms with Gasteiger partial charge in [0.2, 0.25) is 0 Å². The summed E-state index contributed by atoms with van der Waals surface area (Å²) in [6.07, 6.45) is 5.35. The summed E-state index contributed by atoms with van der Waals surface area (Å²) in [5, 5.41) is 0. The molecule has 0 N–H and O–H groups in total. The highest BCUT2D eigenvalue weighted by Gasteiger charge is 1.96. The van der Waals surface area contributed by atoms with Crippen LogP contribution in [0.1, 0.15) is 5.56 Å². The molecule has 0 saturated carbocycles. The third kappa shape index (κ3) is 2.65. The van der Waals surface area contributed by atoms with Gasteiger partial charge in [-0.3, -0.25) is 0 Å². The van der Waals surface area contributed by atoms with E-state index in [9.17, 15) is 0 Å². The Labute approximate surface area is 94.3 Å². The highest BCUT2D eigenvalue weighted by atomic mass is 32.2. The molecule has 2 rings (SSSR count). The van der Waals surface area contributed by atoms with Gasteiger partial charge in [-0.25, -0.2) is 0 Å². The molecule has 0 unspecified atom stereocenters. The van der Waals surface area contributed by atoms with E-state index in [1.54, 1.807) is 11.8 Å². The SMILES string of the molecule is C#Cc1cccc(Sc2ccccc2)c1. The quantitative estimate of drug-likeness (QED) is 0.679. The van der Waals surface area contributed by atoms with Gasteiger partial charge in [0, 0.05) is 15.4 Å². The largest absolute Gasteiger partial charge is 0.115 e. The normalized spacial score (nSPS) is 9.53. The smallest absolute Gasteiger partial charge is 0.0253 e. The summed E-state index contributed by atoms with van der Waals surface area (Å²) in [7, 11) is 0. The van der Waals surface area contributed by atoms with E-state index in [0.29, 0.717) is 0 Å². The highest BCUT2D eigenvalue weighted by Crippen LogP contribution is 2.27. The number of hydrogen-bond donors (Lipinski definition) is 0. The average molecular weight is 210 g/mol. The molecule has 0 aliphatic carbocycles. The number of benzene rings is 2. The lowest BCUT2D eigenvalue weighted by Gasteiger charge is -2.01. The van der Waals surface area contributed by atoms with Crippen molar-refractivity contribution in [3.8, 4) is 12.3 Å². The van der Waals surface area contributed by atoms with Crippen LogP contribution in [0, 0.1) is 12.3 Å². The predicted molar refractivity (Wildman–Crippen MR) is 64.9 cm³/mol. The summed E-state index contributed by atoms with van der Waals surface area (Å²) < 4.78 is 0. The molecule has 0 spiro atoms. The fraction of sp³-hybridized carbons (Fsp3) is 0. The molecule has 0 nitrogen and oxygen atoms in total. The number of terminal acetylenes is 1. The lowest BCUT2D eigenvalue weighted by atomic mass is 10.2. The first-order chi connectivity index (χ1) is 7.38. The third-order valence-corrected chi connectivity index (χ3v) is 2.98. The van der Waals surface area contributed by atoms with Crippen LogP contribution in [0.5, 0.6) is 0 Å². The maximum absolute atomic E-state index is 5.35. The van der Waals surface area contributed by atoms with Crippen molar-refractivity contribution in [3.05, 3.63) is 60.2 Å². The van der Waals surface area contributed by atoms with E-state index in [2.05, 4.69) is 24.1 Å². The van der Waals surface area contributed by atoms with E-state index in [0.717, 1.165) is 5.56 Å². The van der Waals surface area contributed by atoms with Crippen LogP contribution in [0.2, 0.25) is 0 Å². The summed E-state index contributed by atoms with van der Waals surface area (Å²) in [4.78, 5) is 2.41. The third-order valence-electron chi connectivity index (χ3n) is 1.98. The summed E-state index contributed by atoms with van der Waals surface area (Å²) >= 11 is 1.72. The second-order valence-electron chi connectivity index (χ2n) is 3.09. The molecule has 2 aromatic rings. The Morgan fingerprint density at radius 1 is 0.867 bits per heavy atom. The van der Waals surface area contributed by atoms with E-state index >= 15 is 0 Å². The van der Waals surface area contributed by atoms with Gasteiger partial charge >= 0.3 is 0 Å². The van der Waals surface area contributed by atoms with Gasteiger partial charge in [-0.1, -0.05) is 41.9 Å². The summed E-state index contributed by atoms with van der Waals surface area (Å²) in [5.74, 6) is 2.64. The van der Waals surface area contributed by atoms with Gasteiger partial charge in [0.1, 0.15) is 0 Å². The molecule has 0 bridgehead atoms. The summed E-state index contributed by atoms with van der Waals surface area (Å²) in [5.41, 5.74) is 0.927. The topological polar surface area (TPSA) is 0 Å². The van der Waals surface area contributed by atoms with E-state index < -0.39 is 0 Å². The molecule has 15 heavy (non-hydrogen) atoms. The maximum atomic E-state index is 5.35. The van der Waals surface area contributed by atoms with Crippen LogP contribution in [0.15, 0.2) is 64.4 Å². The minimum absolute atomic E-state index is 0.927. The zero-order valence-electron chi connectivity index (χ0n) is 8.18. The van der Waals surface area contributed by atoms with Gasteiger partial charge in [-0.15, -0.1) is 6.42 Å². The molecule has 2 aromatic carbocycles. The van der Waals surface area contributed by atoms with Crippen LogP contribution in [-0.4, -0.2) is 0 Å².